The molecule has 0 bridgehead atoms. The number of likely N-dealkylation sites (N-methyl/N-ethyl adjacent to an activating group) is 1. The van der Waals surface area contributed by atoms with Gasteiger partial charge in [-0.15, -0.1) is 0 Å². The number of ketones is 1. The number of Topliss-reactive ketones (excluding diaryl/α,β-unsaturated/α-hetero) is 1. The highest BCUT2D eigenvalue weighted by molar-refractivity contribution is 6.46. The fourth-order valence-corrected chi connectivity index (χ4v) is 4.18. The second-order valence-electron chi connectivity index (χ2n) is 8.14. The summed E-state index contributed by atoms with van der Waals surface area (Å²) >= 11 is 0. The number of hydrogen-bond donors (Lipinski definition) is 1. The zero-order chi connectivity index (χ0) is 24.7. The van der Waals surface area contributed by atoms with Gasteiger partial charge in [0, 0.05) is 18.7 Å². The smallest absolute Gasteiger partial charge is 0.295 e. The number of nitrogens with zero attached hydrogens (tertiary/aromatic N) is 2. The molecule has 1 fully saturated rings. The number of likely N-dealkylation sites (tertiary alicyclic amines) is 1. The molecule has 0 radical (unpaired) electrons. The van der Waals surface area contributed by atoms with Gasteiger partial charge in [0.15, 0.2) is 11.5 Å². The maximum atomic E-state index is 13.2. The van der Waals surface area contributed by atoms with Gasteiger partial charge in [0.1, 0.15) is 5.76 Å². The Morgan fingerprint density at radius 3 is 2.35 bits per heavy atom. The summed E-state index contributed by atoms with van der Waals surface area (Å²) in [5.41, 5.74) is 1.25. The standard InChI is InChI=1S/C27H34N2O5/c1-5-17-34-21-14-13-20(18-22(21)33-4)24-23(25(30)19-11-9-8-10-12-19)26(31)27(32)29(24)16-15-28(6-2)7-3/h8-14,18,24,30H,5-7,15-17H2,1-4H3/b25-23-. The van der Waals surface area contributed by atoms with Crippen molar-refractivity contribution >= 4 is 17.4 Å². The van der Waals surface area contributed by atoms with Crippen LogP contribution >= 0.6 is 0 Å². The summed E-state index contributed by atoms with van der Waals surface area (Å²) in [4.78, 5) is 30.1. The van der Waals surface area contributed by atoms with Gasteiger partial charge in [0.25, 0.3) is 11.7 Å². The molecule has 2 aromatic carbocycles. The molecule has 1 N–H and O–H groups in total. The van der Waals surface area contributed by atoms with Crippen molar-refractivity contribution in [2.75, 3.05) is 39.9 Å². The van der Waals surface area contributed by atoms with E-state index in [4.69, 9.17) is 9.47 Å². The van der Waals surface area contributed by atoms with Crippen LogP contribution in [0, 0.1) is 0 Å². The number of benzene rings is 2. The Hall–Kier alpha value is -3.32. The number of carbonyl (C=O) groups is 2. The van der Waals surface area contributed by atoms with Crippen LogP contribution in [-0.4, -0.2) is 66.5 Å². The number of aliphatic hydroxyl groups is 1. The topological polar surface area (TPSA) is 79.3 Å². The molecule has 3 rings (SSSR count). The first-order valence-corrected chi connectivity index (χ1v) is 11.8. The third-order valence-electron chi connectivity index (χ3n) is 6.10. The Labute approximate surface area is 201 Å². The lowest BCUT2D eigenvalue weighted by Gasteiger charge is -2.28. The first-order chi connectivity index (χ1) is 16.5. The van der Waals surface area contributed by atoms with E-state index in [2.05, 4.69) is 18.7 Å². The maximum Gasteiger partial charge on any atom is 0.295 e. The summed E-state index contributed by atoms with van der Waals surface area (Å²) in [5, 5.41) is 11.1. The summed E-state index contributed by atoms with van der Waals surface area (Å²) in [6, 6.07) is 13.5. The fourth-order valence-electron chi connectivity index (χ4n) is 4.18. The van der Waals surface area contributed by atoms with Crippen LogP contribution in [0.2, 0.25) is 0 Å². The molecule has 1 aliphatic rings. The minimum Gasteiger partial charge on any atom is -0.507 e. The molecule has 1 aliphatic heterocycles. The number of ether oxygens (including phenoxy) is 2. The van der Waals surface area contributed by atoms with Crippen LogP contribution in [0.25, 0.3) is 5.76 Å². The normalized spacial score (nSPS) is 17.4. The quantitative estimate of drug-likeness (QED) is 0.303. The maximum absolute atomic E-state index is 13.2. The van der Waals surface area contributed by atoms with Crippen LogP contribution in [-0.2, 0) is 9.59 Å². The Bertz CT molecular complexity index is 1030. The minimum absolute atomic E-state index is 0.0834. The molecule has 1 heterocycles. The van der Waals surface area contributed by atoms with Crippen molar-refractivity contribution < 1.29 is 24.2 Å². The van der Waals surface area contributed by atoms with Crippen molar-refractivity contribution in [1.29, 1.82) is 0 Å². The first-order valence-electron chi connectivity index (χ1n) is 11.8. The van der Waals surface area contributed by atoms with Crippen LogP contribution in [0.4, 0.5) is 0 Å². The van der Waals surface area contributed by atoms with E-state index in [0.29, 0.717) is 42.3 Å². The number of hydrogen-bond acceptors (Lipinski definition) is 6. The average molecular weight is 467 g/mol. The molecule has 0 aliphatic carbocycles. The summed E-state index contributed by atoms with van der Waals surface area (Å²) < 4.78 is 11.3. The first kappa shape index (κ1) is 25.3. The van der Waals surface area contributed by atoms with E-state index < -0.39 is 17.7 Å². The molecule has 1 atom stereocenters. The van der Waals surface area contributed by atoms with Crippen molar-refractivity contribution in [1.82, 2.24) is 9.80 Å². The highest BCUT2D eigenvalue weighted by Gasteiger charge is 2.46. The van der Waals surface area contributed by atoms with Crippen molar-refractivity contribution in [3.63, 3.8) is 0 Å². The Morgan fingerprint density at radius 2 is 1.74 bits per heavy atom. The summed E-state index contributed by atoms with van der Waals surface area (Å²) in [5.74, 6) is -0.369. The molecule has 2 aromatic rings. The summed E-state index contributed by atoms with van der Waals surface area (Å²) in [6.07, 6.45) is 0.855. The van der Waals surface area contributed by atoms with Gasteiger partial charge in [-0.2, -0.15) is 0 Å². The lowest BCUT2D eigenvalue weighted by atomic mass is 9.95. The van der Waals surface area contributed by atoms with Crippen LogP contribution in [0.1, 0.15) is 44.4 Å². The summed E-state index contributed by atoms with van der Waals surface area (Å²) in [6.45, 7) is 9.35. The molecule has 7 nitrogen and oxygen atoms in total. The molecule has 34 heavy (non-hydrogen) atoms. The van der Waals surface area contributed by atoms with Gasteiger partial charge < -0.3 is 24.4 Å². The van der Waals surface area contributed by atoms with Crippen LogP contribution in [0.15, 0.2) is 54.1 Å². The predicted molar refractivity (Wildman–Crippen MR) is 132 cm³/mol. The van der Waals surface area contributed by atoms with E-state index in [-0.39, 0.29) is 11.3 Å². The fraction of sp³-hybridized carbons (Fsp3) is 0.407. The molecular formula is C27H34N2O5. The SMILES string of the molecule is CCCOc1ccc(C2/C(=C(/O)c3ccccc3)C(=O)C(=O)N2CCN(CC)CC)cc1OC. The Balaban J connectivity index is 2.11. The highest BCUT2D eigenvalue weighted by atomic mass is 16.5. The van der Waals surface area contributed by atoms with Gasteiger partial charge in [0.2, 0.25) is 0 Å². The van der Waals surface area contributed by atoms with Crippen LogP contribution in [0.5, 0.6) is 11.5 Å². The number of methoxy groups -OCH3 is 1. The van der Waals surface area contributed by atoms with E-state index in [0.717, 1.165) is 19.5 Å². The van der Waals surface area contributed by atoms with Crippen molar-refractivity contribution in [3.8, 4) is 11.5 Å². The van der Waals surface area contributed by atoms with E-state index >= 15 is 0 Å². The van der Waals surface area contributed by atoms with Crippen LogP contribution in [0.3, 0.4) is 0 Å². The van der Waals surface area contributed by atoms with Gasteiger partial charge >= 0.3 is 0 Å². The predicted octanol–water partition coefficient (Wildman–Crippen LogP) is 4.25. The Morgan fingerprint density at radius 1 is 1.03 bits per heavy atom. The molecule has 1 amide bonds. The third kappa shape index (κ3) is 5.25. The molecule has 182 valence electrons. The third-order valence-corrected chi connectivity index (χ3v) is 6.10. The minimum atomic E-state index is -0.732. The molecule has 7 heteroatoms. The van der Waals surface area contributed by atoms with Gasteiger partial charge in [0.05, 0.1) is 25.3 Å². The van der Waals surface area contributed by atoms with Gasteiger partial charge in [-0.1, -0.05) is 57.2 Å². The number of rotatable bonds is 11. The summed E-state index contributed by atoms with van der Waals surface area (Å²) in [7, 11) is 1.55. The van der Waals surface area contributed by atoms with E-state index in [1.54, 1.807) is 48.4 Å². The average Bonchev–Trinajstić information content (AvgIpc) is 3.13. The van der Waals surface area contributed by atoms with Crippen LogP contribution < -0.4 is 9.47 Å². The monoisotopic (exact) mass is 466 g/mol. The number of carbonyl (C=O) groups excluding carboxylic acids is 2. The van der Waals surface area contributed by atoms with Crippen molar-refractivity contribution in [3.05, 3.63) is 65.2 Å². The molecule has 0 aromatic heterocycles. The van der Waals surface area contributed by atoms with Crippen molar-refractivity contribution in [2.45, 2.75) is 33.2 Å². The molecule has 0 saturated carbocycles. The highest BCUT2D eigenvalue weighted by Crippen LogP contribution is 2.41. The number of amides is 1. The second kappa shape index (κ2) is 11.7. The van der Waals surface area contributed by atoms with E-state index in [9.17, 15) is 14.7 Å². The molecule has 0 spiro atoms. The number of aliphatic hydroxyl groups excluding tert-OH is 1. The van der Waals surface area contributed by atoms with Gasteiger partial charge in [-0.3, -0.25) is 9.59 Å². The lowest BCUT2D eigenvalue weighted by Crippen LogP contribution is -2.38. The molecular weight excluding hydrogens is 432 g/mol. The van der Waals surface area contributed by atoms with E-state index in [1.807, 2.05) is 19.1 Å². The second-order valence-corrected chi connectivity index (χ2v) is 8.14. The van der Waals surface area contributed by atoms with Crippen molar-refractivity contribution in [2.24, 2.45) is 0 Å². The lowest BCUT2D eigenvalue weighted by molar-refractivity contribution is -0.140. The molecule has 1 unspecified atom stereocenters. The molecule has 1 saturated heterocycles. The van der Waals surface area contributed by atoms with E-state index in [1.165, 1.54) is 0 Å². The zero-order valence-electron chi connectivity index (χ0n) is 20.4. The largest absolute Gasteiger partial charge is 0.507 e. The Kier molecular flexibility index (Phi) is 8.71. The zero-order valence-corrected chi connectivity index (χ0v) is 20.4. The van der Waals surface area contributed by atoms with Gasteiger partial charge in [-0.25, -0.2) is 0 Å². The van der Waals surface area contributed by atoms with Gasteiger partial charge in [-0.05, 0) is 37.2 Å².